The molecular formula is C10H8N2S. The van der Waals surface area contributed by atoms with Crippen LogP contribution in [-0.2, 0) is 0 Å². The summed E-state index contributed by atoms with van der Waals surface area (Å²) in [6.07, 6.45) is 10.3. The summed E-state index contributed by atoms with van der Waals surface area (Å²) in [7, 11) is 0. The van der Waals surface area contributed by atoms with Gasteiger partial charge in [0.15, 0.2) is 5.82 Å². The number of hydrogen-bond donors (Lipinski definition) is 0. The van der Waals surface area contributed by atoms with Gasteiger partial charge in [-0.1, -0.05) is 30.4 Å². The third-order valence-corrected chi connectivity index (χ3v) is 2.20. The van der Waals surface area contributed by atoms with Gasteiger partial charge in [0.25, 0.3) is 0 Å². The van der Waals surface area contributed by atoms with Crippen LogP contribution in [0.1, 0.15) is 12.2 Å². The van der Waals surface area contributed by atoms with Crippen molar-refractivity contribution in [1.82, 2.24) is 9.97 Å². The van der Waals surface area contributed by atoms with Crippen LogP contribution < -0.4 is 0 Å². The Kier molecular flexibility index (Phi) is 2.27. The quantitative estimate of drug-likeness (QED) is 0.632. The minimum absolute atomic E-state index is 0.719. The lowest BCUT2D eigenvalue weighted by atomic mass is 10.0. The molecule has 3 heteroatoms. The molecule has 13 heavy (non-hydrogen) atoms. The molecule has 0 fully saturated rings. The lowest BCUT2D eigenvalue weighted by Gasteiger charge is -2.07. The van der Waals surface area contributed by atoms with Crippen LogP contribution >= 0.6 is 12.2 Å². The van der Waals surface area contributed by atoms with Crippen LogP contribution in [0.4, 0.5) is 0 Å². The molecule has 2 rings (SSSR count). The third kappa shape index (κ3) is 1.70. The van der Waals surface area contributed by atoms with Crippen LogP contribution in [0.25, 0.3) is 5.57 Å². The van der Waals surface area contributed by atoms with Crippen LogP contribution in [-0.4, -0.2) is 14.8 Å². The molecule has 0 bridgehead atoms. The van der Waals surface area contributed by atoms with Gasteiger partial charge in [-0.2, -0.15) is 0 Å². The minimum atomic E-state index is 0.719. The minimum Gasteiger partial charge on any atom is -0.237 e. The lowest BCUT2D eigenvalue weighted by molar-refractivity contribution is 1.12. The summed E-state index contributed by atoms with van der Waals surface area (Å²) < 4.78 is 0. The highest BCUT2D eigenvalue weighted by Gasteiger charge is 2.10. The number of aromatic nitrogens is 2. The average molecular weight is 188 g/mol. The molecule has 0 saturated heterocycles. The molecular weight excluding hydrogens is 180 g/mol. The maximum atomic E-state index is 5.21. The number of allylic oxidation sites excluding steroid dienone is 4. The smallest absolute Gasteiger partial charge is 0.160 e. The molecule has 0 amide bonds. The molecule has 0 spiro atoms. The van der Waals surface area contributed by atoms with Crippen LogP contribution in [0, 0.1) is 0 Å². The normalized spacial score (nSPS) is 15.7. The molecule has 64 valence electrons. The third-order valence-electron chi connectivity index (χ3n) is 1.81. The van der Waals surface area contributed by atoms with Gasteiger partial charge in [0.2, 0.25) is 0 Å². The van der Waals surface area contributed by atoms with Crippen molar-refractivity contribution in [3.8, 4) is 0 Å². The molecule has 2 nitrogen and oxygen atoms in total. The van der Waals surface area contributed by atoms with E-state index >= 15 is 0 Å². The highest BCUT2D eigenvalue weighted by Crippen LogP contribution is 2.17. The Hall–Kier alpha value is -1.35. The van der Waals surface area contributed by atoms with Crippen LogP contribution in [0.2, 0.25) is 0 Å². The fourth-order valence-corrected chi connectivity index (χ4v) is 1.44. The monoisotopic (exact) mass is 188 g/mol. The Labute approximate surface area is 82.0 Å². The summed E-state index contributed by atoms with van der Waals surface area (Å²) in [6, 6.07) is 1.80. The van der Waals surface area contributed by atoms with Crippen molar-refractivity contribution < 1.29 is 0 Å². The molecule has 1 aliphatic rings. The standard InChI is InChI=1S/C10H8N2S/c13-9-5-2-1-4-8(9)10-11-6-3-7-12-10/h1-4,6-7H,5H2. The second kappa shape index (κ2) is 3.58. The summed E-state index contributed by atoms with van der Waals surface area (Å²) in [5.74, 6) is 0.719. The van der Waals surface area contributed by atoms with Gasteiger partial charge in [-0.15, -0.1) is 0 Å². The molecule has 0 atom stereocenters. The predicted octanol–water partition coefficient (Wildman–Crippen LogP) is 2.19. The fraction of sp³-hybridized carbons (Fsp3) is 0.100. The molecule has 1 heterocycles. The predicted molar refractivity (Wildman–Crippen MR) is 56.4 cm³/mol. The van der Waals surface area contributed by atoms with Gasteiger partial charge < -0.3 is 0 Å². The van der Waals surface area contributed by atoms with E-state index in [1.54, 1.807) is 18.5 Å². The maximum absolute atomic E-state index is 5.21. The van der Waals surface area contributed by atoms with Crippen molar-refractivity contribution >= 4 is 22.7 Å². The van der Waals surface area contributed by atoms with E-state index in [0.717, 1.165) is 22.7 Å². The SMILES string of the molecule is S=C1CC=CC=C1c1ncccn1. The second-order valence-corrected chi connectivity index (χ2v) is 3.20. The molecule has 0 saturated carbocycles. The van der Waals surface area contributed by atoms with Gasteiger partial charge in [-0.05, 0) is 6.07 Å². The Balaban J connectivity index is 2.41. The van der Waals surface area contributed by atoms with E-state index in [4.69, 9.17) is 12.2 Å². The molecule has 0 aliphatic heterocycles. The van der Waals surface area contributed by atoms with E-state index < -0.39 is 0 Å². The summed E-state index contributed by atoms with van der Waals surface area (Å²) in [4.78, 5) is 9.21. The first-order valence-corrected chi connectivity index (χ1v) is 4.46. The van der Waals surface area contributed by atoms with Crippen molar-refractivity contribution in [3.05, 3.63) is 42.5 Å². The van der Waals surface area contributed by atoms with Gasteiger partial charge in [-0.3, -0.25) is 0 Å². The first-order valence-electron chi connectivity index (χ1n) is 4.05. The Morgan fingerprint density at radius 2 is 2.00 bits per heavy atom. The Morgan fingerprint density at radius 1 is 1.23 bits per heavy atom. The van der Waals surface area contributed by atoms with E-state index in [2.05, 4.69) is 9.97 Å². The lowest BCUT2D eigenvalue weighted by Crippen LogP contribution is -2.03. The number of nitrogens with zero attached hydrogens (tertiary/aromatic N) is 2. The van der Waals surface area contributed by atoms with Gasteiger partial charge >= 0.3 is 0 Å². The first-order chi connectivity index (χ1) is 6.38. The topological polar surface area (TPSA) is 25.8 Å². The van der Waals surface area contributed by atoms with Gasteiger partial charge in [-0.25, -0.2) is 9.97 Å². The van der Waals surface area contributed by atoms with Gasteiger partial charge in [0.1, 0.15) is 0 Å². The van der Waals surface area contributed by atoms with E-state index in [1.807, 2.05) is 18.2 Å². The second-order valence-electron chi connectivity index (χ2n) is 2.71. The molecule has 0 radical (unpaired) electrons. The van der Waals surface area contributed by atoms with Crippen molar-refractivity contribution in [2.75, 3.05) is 0 Å². The summed E-state index contributed by atoms with van der Waals surface area (Å²) in [6.45, 7) is 0. The highest BCUT2D eigenvalue weighted by molar-refractivity contribution is 7.81. The van der Waals surface area contributed by atoms with Crippen molar-refractivity contribution in [3.63, 3.8) is 0 Å². The summed E-state index contributed by atoms with van der Waals surface area (Å²) in [5.41, 5.74) is 0.970. The maximum Gasteiger partial charge on any atom is 0.160 e. The molecule has 0 N–H and O–H groups in total. The van der Waals surface area contributed by atoms with Gasteiger partial charge in [0.05, 0.1) is 0 Å². The number of thiocarbonyl (C=S) groups is 1. The van der Waals surface area contributed by atoms with E-state index in [-0.39, 0.29) is 0 Å². The first kappa shape index (κ1) is 8.26. The zero-order valence-electron chi connectivity index (χ0n) is 6.97. The Bertz CT molecular complexity index is 379. The summed E-state index contributed by atoms with van der Waals surface area (Å²) >= 11 is 5.21. The molecule has 0 unspecified atom stereocenters. The van der Waals surface area contributed by atoms with E-state index in [9.17, 15) is 0 Å². The molecule has 1 aliphatic carbocycles. The van der Waals surface area contributed by atoms with E-state index in [0.29, 0.717) is 0 Å². The van der Waals surface area contributed by atoms with Crippen molar-refractivity contribution in [2.45, 2.75) is 6.42 Å². The molecule has 1 aromatic heterocycles. The fourth-order valence-electron chi connectivity index (χ4n) is 1.18. The summed E-state index contributed by atoms with van der Waals surface area (Å²) in [5, 5.41) is 0. The van der Waals surface area contributed by atoms with Crippen LogP contribution in [0.5, 0.6) is 0 Å². The molecule has 1 aromatic rings. The highest BCUT2D eigenvalue weighted by atomic mass is 32.1. The van der Waals surface area contributed by atoms with Crippen molar-refractivity contribution in [2.24, 2.45) is 0 Å². The number of hydrogen-bond acceptors (Lipinski definition) is 3. The van der Waals surface area contributed by atoms with E-state index in [1.165, 1.54) is 0 Å². The largest absolute Gasteiger partial charge is 0.237 e. The average Bonchev–Trinajstić information content (AvgIpc) is 2.20. The van der Waals surface area contributed by atoms with Crippen molar-refractivity contribution in [1.29, 1.82) is 0 Å². The molecule has 0 aromatic carbocycles. The Morgan fingerprint density at radius 3 is 2.69 bits per heavy atom. The zero-order chi connectivity index (χ0) is 9.10. The van der Waals surface area contributed by atoms with Crippen LogP contribution in [0.3, 0.4) is 0 Å². The van der Waals surface area contributed by atoms with Gasteiger partial charge in [0, 0.05) is 29.3 Å². The number of rotatable bonds is 1. The zero-order valence-corrected chi connectivity index (χ0v) is 7.79. The van der Waals surface area contributed by atoms with Crippen LogP contribution in [0.15, 0.2) is 36.7 Å².